The number of aromatic nitrogens is 1. The highest BCUT2D eigenvalue weighted by Gasteiger charge is 2.09. The van der Waals surface area contributed by atoms with Crippen molar-refractivity contribution in [2.45, 2.75) is 6.54 Å². The Bertz CT molecular complexity index is 529. The van der Waals surface area contributed by atoms with E-state index in [1.807, 2.05) is 43.4 Å². The summed E-state index contributed by atoms with van der Waals surface area (Å²) in [5.74, 6) is 2.54. The first-order valence-corrected chi connectivity index (χ1v) is 6.07. The minimum Gasteiger partial charge on any atom is -0.497 e. The number of rotatable bonds is 5. The second kappa shape index (κ2) is 6.09. The van der Waals surface area contributed by atoms with Crippen LogP contribution in [0.3, 0.4) is 0 Å². The first-order chi connectivity index (χ1) is 9.24. The zero-order valence-corrected chi connectivity index (χ0v) is 11.5. The molecule has 4 nitrogen and oxygen atoms in total. The number of ether oxygens (including phenoxy) is 2. The number of anilines is 1. The molecule has 0 saturated carbocycles. The number of methoxy groups -OCH3 is 2. The Morgan fingerprint density at radius 1 is 1.11 bits per heavy atom. The van der Waals surface area contributed by atoms with Crippen LogP contribution in [-0.2, 0) is 6.54 Å². The van der Waals surface area contributed by atoms with Crippen LogP contribution in [0.25, 0.3) is 0 Å². The van der Waals surface area contributed by atoms with Gasteiger partial charge in [-0.25, -0.2) is 4.98 Å². The molecular weight excluding hydrogens is 240 g/mol. The number of benzene rings is 1. The maximum Gasteiger partial charge on any atom is 0.128 e. The molecule has 0 N–H and O–H groups in total. The predicted octanol–water partition coefficient (Wildman–Crippen LogP) is 2.74. The monoisotopic (exact) mass is 258 g/mol. The average Bonchev–Trinajstić information content (AvgIpc) is 2.48. The van der Waals surface area contributed by atoms with E-state index in [0.29, 0.717) is 0 Å². The Morgan fingerprint density at radius 3 is 2.58 bits per heavy atom. The highest BCUT2D eigenvalue weighted by atomic mass is 16.5. The molecule has 1 aromatic carbocycles. The molecule has 1 heterocycles. The van der Waals surface area contributed by atoms with E-state index in [-0.39, 0.29) is 0 Å². The second-order valence-electron chi connectivity index (χ2n) is 4.22. The molecule has 0 bridgehead atoms. The summed E-state index contributed by atoms with van der Waals surface area (Å²) in [7, 11) is 5.32. The van der Waals surface area contributed by atoms with Crippen molar-refractivity contribution < 1.29 is 9.47 Å². The molecule has 1 aromatic heterocycles. The Labute approximate surface area is 113 Å². The Morgan fingerprint density at radius 2 is 1.95 bits per heavy atom. The largest absolute Gasteiger partial charge is 0.497 e. The molecular formula is C15H18N2O2. The zero-order valence-electron chi connectivity index (χ0n) is 11.5. The van der Waals surface area contributed by atoms with Crippen molar-refractivity contribution >= 4 is 5.82 Å². The van der Waals surface area contributed by atoms with Crippen molar-refractivity contribution in [3.05, 3.63) is 48.2 Å². The minimum absolute atomic E-state index is 0.726. The van der Waals surface area contributed by atoms with Gasteiger partial charge in [0, 0.05) is 31.4 Å². The third-order valence-corrected chi connectivity index (χ3v) is 2.94. The first kappa shape index (κ1) is 13.2. The molecule has 4 heteroatoms. The maximum absolute atomic E-state index is 5.40. The van der Waals surface area contributed by atoms with Gasteiger partial charge in [0.25, 0.3) is 0 Å². The van der Waals surface area contributed by atoms with Gasteiger partial charge >= 0.3 is 0 Å². The SMILES string of the molecule is COc1ccc(CN(C)c2ccccn2)c(OC)c1. The van der Waals surface area contributed by atoms with E-state index in [9.17, 15) is 0 Å². The van der Waals surface area contributed by atoms with Crippen LogP contribution in [0.5, 0.6) is 11.5 Å². The number of nitrogens with zero attached hydrogens (tertiary/aromatic N) is 2. The molecule has 0 spiro atoms. The summed E-state index contributed by atoms with van der Waals surface area (Å²) >= 11 is 0. The van der Waals surface area contributed by atoms with Crippen LogP contribution in [-0.4, -0.2) is 26.3 Å². The van der Waals surface area contributed by atoms with Gasteiger partial charge in [0.2, 0.25) is 0 Å². The molecule has 100 valence electrons. The summed E-state index contributed by atoms with van der Waals surface area (Å²) in [6.45, 7) is 0.726. The van der Waals surface area contributed by atoms with E-state index in [2.05, 4.69) is 9.88 Å². The van der Waals surface area contributed by atoms with Gasteiger partial charge in [-0.05, 0) is 24.3 Å². The van der Waals surface area contributed by atoms with Crippen molar-refractivity contribution in [2.75, 3.05) is 26.2 Å². The number of hydrogen-bond acceptors (Lipinski definition) is 4. The Hall–Kier alpha value is -2.23. The fourth-order valence-corrected chi connectivity index (χ4v) is 1.90. The summed E-state index contributed by atoms with van der Waals surface area (Å²) in [6, 6.07) is 11.7. The summed E-state index contributed by atoms with van der Waals surface area (Å²) in [5, 5.41) is 0. The van der Waals surface area contributed by atoms with E-state index < -0.39 is 0 Å². The molecule has 2 rings (SSSR count). The molecule has 0 aliphatic carbocycles. The zero-order chi connectivity index (χ0) is 13.7. The van der Waals surface area contributed by atoms with Crippen LogP contribution in [0, 0.1) is 0 Å². The van der Waals surface area contributed by atoms with Crippen molar-refractivity contribution in [3.8, 4) is 11.5 Å². The summed E-state index contributed by atoms with van der Waals surface area (Å²) in [5.41, 5.74) is 1.09. The lowest BCUT2D eigenvalue weighted by molar-refractivity contribution is 0.391. The lowest BCUT2D eigenvalue weighted by atomic mass is 10.2. The van der Waals surface area contributed by atoms with E-state index in [4.69, 9.17) is 9.47 Å². The Kier molecular flexibility index (Phi) is 4.23. The molecule has 0 aliphatic rings. The summed E-state index contributed by atoms with van der Waals surface area (Å²) < 4.78 is 10.6. The molecule has 0 amide bonds. The topological polar surface area (TPSA) is 34.6 Å². The smallest absolute Gasteiger partial charge is 0.128 e. The van der Waals surface area contributed by atoms with Crippen LogP contribution >= 0.6 is 0 Å². The number of hydrogen-bond donors (Lipinski definition) is 0. The standard InChI is InChI=1S/C15H18N2O2/c1-17(15-6-4-5-9-16-15)11-12-7-8-13(18-2)10-14(12)19-3/h4-10H,11H2,1-3H3. The molecule has 0 radical (unpaired) electrons. The van der Waals surface area contributed by atoms with Crippen LogP contribution in [0.1, 0.15) is 5.56 Å². The molecule has 0 unspecified atom stereocenters. The van der Waals surface area contributed by atoms with Gasteiger partial charge in [0.15, 0.2) is 0 Å². The fraction of sp³-hybridized carbons (Fsp3) is 0.267. The average molecular weight is 258 g/mol. The third kappa shape index (κ3) is 3.16. The van der Waals surface area contributed by atoms with Crippen LogP contribution < -0.4 is 14.4 Å². The van der Waals surface area contributed by atoms with Crippen molar-refractivity contribution in [1.82, 2.24) is 4.98 Å². The Balaban J connectivity index is 2.19. The van der Waals surface area contributed by atoms with E-state index in [1.54, 1.807) is 20.4 Å². The summed E-state index contributed by atoms with van der Waals surface area (Å²) in [6.07, 6.45) is 1.79. The molecule has 0 fully saturated rings. The fourth-order valence-electron chi connectivity index (χ4n) is 1.90. The predicted molar refractivity (Wildman–Crippen MR) is 75.9 cm³/mol. The van der Waals surface area contributed by atoms with E-state index in [1.165, 1.54) is 0 Å². The lowest BCUT2D eigenvalue weighted by Gasteiger charge is -2.19. The lowest BCUT2D eigenvalue weighted by Crippen LogP contribution is -2.17. The van der Waals surface area contributed by atoms with Gasteiger partial charge in [-0.2, -0.15) is 0 Å². The van der Waals surface area contributed by atoms with Crippen molar-refractivity contribution in [3.63, 3.8) is 0 Å². The normalized spacial score (nSPS) is 10.1. The van der Waals surface area contributed by atoms with Crippen LogP contribution in [0.2, 0.25) is 0 Å². The molecule has 0 saturated heterocycles. The van der Waals surface area contributed by atoms with E-state index in [0.717, 1.165) is 29.4 Å². The molecule has 2 aromatic rings. The van der Waals surface area contributed by atoms with Crippen LogP contribution in [0.15, 0.2) is 42.6 Å². The van der Waals surface area contributed by atoms with Crippen LogP contribution in [0.4, 0.5) is 5.82 Å². The first-order valence-electron chi connectivity index (χ1n) is 6.07. The van der Waals surface area contributed by atoms with Gasteiger partial charge in [0.05, 0.1) is 14.2 Å². The highest BCUT2D eigenvalue weighted by molar-refractivity contribution is 5.44. The van der Waals surface area contributed by atoms with Gasteiger partial charge in [0.1, 0.15) is 17.3 Å². The van der Waals surface area contributed by atoms with Crippen molar-refractivity contribution in [2.24, 2.45) is 0 Å². The number of pyridine rings is 1. The molecule has 0 atom stereocenters. The maximum atomic E-state index is 5.40. The minimum atomic E-state index is 0.726. The van der Waals surface area contributed by atoms with Crippen molar-refractivity contribution in [1.29, 1.82) is 0 Å². The van der Waals surface area contributed by atoms with E-state index >= 15 is 0 Å². The van der Waals surface area contributed by atoms with Gasteiger partial charge < -0.3 is 14.4 Å². The third-order valence-electron chi connectivity index (χ3n) is 2.94. The molecule has 0 aliphatic heterocycles. The van der Waals surface area contributed by atoms with Gasteiger partial charge in [-0.3, -0.25) is 0 Å². The second-order valence-corrected chi connectivity index (χ2v) is 4.22. The molecule has 19 heavy (non-hydrogen) atoms. The van der Waals surface area contributed by atoms with Gasteiger partial charge in [-0.1, -0.05) is 6.07 Å². The highest BCUT2D eigenvalue weighted by Crippen LogP contribution is 2.26. The summed E-state index contributed by atoms with van der Waals surface area (Å²) in [4.78, 5) is 6.40. The quantitative estimate of drug-likeness (QED) is 0.826. The van der Waals surface area contributed by atoms with Gasteiger partial charge in [-0.15, -0.1) is 0 Å².